The van der Waals surface area contributed by atoms with Gasteiger partial charge in [-0.1, -0.05) is 31.2 Å². The third-order valence-corrected chi connectivity index (χ3v) is 5.72. The van der Waals surface area contributed by atoms with E-state index in [2.05, 4.69) is 4.98 Å². The summed E-state index contributed by atoms with van der Waals surface area (Å²) in [5, 5.41) is 21.4. The largest absolute Gasteiger partial charge is 0.507 e. The Labute approximate surface area is 203 Å². The van der Waals surface area contributed by atoms with Gasteiger partial charge >= 0.3 is 0 Å². The van der Waals surface area contributed by atoms with E-state index in [1.807, 2.05) is 6.92 Å². The van der Waals surface area contributed by atoms with Crippen LogP contribution >= 0.6 is 0 Å². The lowest BCUT2D eigenvalue weighted by Gasteiger charge is -2.25. The van der Waals surface area contributed by atoms with Gasteiger partial charge in [0, 0.05) is 24.5 Å². The van der Waals surface area contributed by atoms with Crippen LogP contribution in [0.4, 0.5) is 0 Å². The number of aliphatic hydroxyl groups excluding tert-OH is 1. The van der Waals surface area contributed by atoms with Gasteiger partial charge in [-0.15, -0.1) is 0 Å². The minimum absolute atomic E-state index is 0.0562. The summed E-state index contributed by atoms with van der Waals surface area (Å²) in [6.45, 7) is 2.59. The van der Waals surface area contributed by atoms with Gasteiger partial charge in [0.2, 0.25) is 0 Å². The lowest BCUT2D eigenvalue weighted by atomic mass is 9.94. The molecular formula is C27H26N2O6. The summed E-state index contributed by atoms with van der Waals surface area (Å²) in [7, 11) is 1.41. The quantitative estimate of drug-likeness (QED) is 0.286. The Hall–Kier alpha value is -4.33. The number of hydrogen-bond donors (Lipinski definition) is 2. The maximum Gasteiger partial charge on any atom is 0.295 e. The van der Waals surface area contributed by atoms with E-state index in [-0.39, 0.29) is 29.4 Å². The van der Waals surface area contributed by atoms with Crippen LogP contribution < -0.4 is 9.47 Å². The van der Waals surface area contributed by atoms with Gasteiger partial charge in [-0.2, -0.15) is 0 Å². The van der Waals surface area contributed by atoms with Gasteiger partial charge < -0.3 is 24.6 Å². The zero-order valence-electron chi connectivity index (χ0n) is 19.5. The van der Waals surface area contributed by atoms with Crippen LogP contribution in [0.3, 0.4) is 0 Å². The molecule has 1 amide bonds. The van der Waals surface area contributed by atoms with E-state index in [0.717, 1.165) is 12.0 Å². The van der Waals surface area contributed by atoms with Crippen LogP contribution in [0.5, 0.6) is 17.2 Å². The molecule has 2 heterocycles. The first-order valence-corrected chi connectivity index (χ1v) is 11.2. The summed E-state index contributed by atoms with van der Waals surface area (Å²) in [4.78, 5) is 31.9. The van der Waals surface area contributed by atoms with Crippen molar-refractivity contribution in [3.63, 3.8) is 0 Å². The maximum atomic E-state index is 13.2. The molecule has 1 fully saturated rings. The predicted molar refractivity (Wildman–Crippen MR) is 129 cm³/mol. The molecule has 3 aromatic rings. The molecule has 0 aliphatic carbocycles. The van der Waals surface area contributed by atoms with Crippen LogP contribution in [-0.4, -0.2) is 45.5 Å². The molecule has 180 valence electrons. The summed E-state index contributed by atoms with van der Waals surface area (Å²) in [6.07, 6.45) is 4.05. The number of amides is 1. The Kier molecular flexibility index (Phi) is 7.01. The van der Waals surface area contributed by atoms with E-state index in [9.17, 15) is 19.8 Å². The number of ether oxygens (including phenoxy) is 2. The predicted octanol–water partition coefficient (Wildman–Crippen LogP) is 4.21. The Bertz CT molecular complexity index is 1270. The average Bonchev–Trinajstić information content (AvgIpc) is 3.13. The minimum Gasteiger partial charge on any atom is -0.507 e. The molecule has 2 N–H and O–H groups in total. The highest BCUT2D eigenvalue weighted by Crippen LogP contribution is 2.42. The highest BCUT2D eigenvalue weighted by molar-refractivity contribution is 6.46. The van der Waals surface area contributed by atoms with Crippen molar-refractivity contribution in [1.29, 1.82) is 0 Å². The van der Waals surface area contributed by atoms with Gasteiger partial charge in [0.25, 0.3) is 11.7 Å². The Morgan fingerprint density at radius 2 is 1.94 bits per heavy atom. The summed E-state index contributed by atoms with van der Waals surface area (Å²) in [5.74, 6) is -1.21. The van der Waals surface area contributed by atoms with Gasteiger partial charge in [0.05, 0.1) is 25.3 Å². The molecule has 1 unspecified atom stereocenters. The van der Waals surface area contributed by atoms with E-state index >= 15 is 0 Å². The highest BCUT2D eigenvalue weighted by Gasteiger charge is 2.46. The molecule has 1 aromatic heterocycles. The second-order valence-electron chi connectivity index (χ2n) is 8.10. The normalized spacial score (nSPS) is 17.0. The van der Waals surface area contributed by atoms with Crippen LogP contribution in [0.2, 0.25) is 0 Å². The standard InChI is InChI=1S/C27H26N2O6/c1-3-12-35-20-8-4-7-19(13-20)25(31)23-24(18-9-10-21(30)22(14-18)34-2)29(27(33)26(23)32)16-17-6-5-11-28-15-17/h4-11,13-15,24,30-31H,3,12,16H2,1-2H3/b25-23+. The molecule has 8 nitrogen and oxygen atoms in total. The number of pyridine rings is 1. The molecule has 0 saturated carbocycles. The van der Waals surface area contributed by atoms with Crippen LogP contribution in [-0.2, 0) is 16.1 Å². The number of aromatic nitrogens is 1. The lowest BCUT2D eigenvalue weighted by Crippen LogP contribution is -2.29. The number of rotatable bonds is 8. The number of methoxy groups -OCH3 is 1. The van der Waals surface area contributed by atoms with Crippen molar-refractivity contribution in [2.24, 2.45) is 0 Å². The number of aromatic hydroxyl groups is 1. The van der Waals surface area contributed by atoms with Crippen molar-refractivity contribution in [3.8, 4) is 17.2 Å². The van der Waals surface area contributed by atoms with Crippen molar-refractivity contribution in [1.82, 2.24) is 9.88 Å². The fourth-order valence-electron chi connectivity index (χ4n) is 4.05. The Balaban J connectivity index is 1.85. The highest BCUT2D eigenvalue weighted by atomic mass is 16.5. The average molecular weight is 475 g/mol. The molecule has 1 atom stereocenters. The molecular weight excluding hydrogens is 448 g/mol. The number of ketones is 1. The Morgan fingerprint density at radius 1 is 1.11 bits per heavy atom. The second kappa shape index (κ2) is 10.3. The SMILES string of the molecule is CCCOc1cccc(/C(O)=C2\C(=O)C(=O)N(Cc3cccnc3)C2c2ccc(O)c(OC)c2)c1. The van der Waals surface area contributed by atoms with Crippen molar-refractivity contribution in [2.45, 2.75) is 25.9 Å². The number of carbonyl (C=O) groups excluding carboxylic acids is 2. The van der Waals surface area contributed by atoms with E-state index in [0.29, 0.717) is 23.5 Å². The van der Waals surface area contributed by atoms with Crippen LogP contribution in [0.25, 0.3) is 5.76 Å². The second-order valence-corrected chi connectivity index (χ2v) is 8.10. The molecule has 0 spiro atoms. The zero-order chi connectivity index (χ0) is 24.9. The number of nitrogens with zero attached hydrogens (tertiary/aromatic N) is 2. The summed E-state index contributed by atoms with van der Waals surface area (Å²) in [6, 6.07) is 14.0. The maximum absolute atomic E-state index is 13.2. The summed E-state index contributed by atoms with van der Waals surface area (Å²) in [5.41, 5.74) is 1.52. The summed E-state index contributed by atoms with van der Waals surface area (Å²) < 4.78 is 10.9. The van der Waals surface area contributed by atoms with Gasteiger partial charge in [-0.3, -0.25) is 14.6 Å². The van der Waals surface area contributed by atoms with E-state index < -0.39 is 17.7 Å². The van der Waals surface area contributed by atoms with Crippen molar-refractivity contribution in [2.75, 3.05) is 13.7 Å². The van der Waals surface area contributed by atoms with Gasteiger partial charge in [-0.25, -0.2) is 0 Å². The first-order chi connectivity index (χ1) is 16.9. The number of hydrogen-bond acceptors (Lipinski definition) is 7. The van der Waals surface area contributed by atoms with Crippen LogP contribution in [0.1, 0.15) is 36.1 Å². The smallest absolute Gasteiger partial charge is 0.295 e. The lowest BCUT2D eigenvalue weighted by molar-refractivity contribution is -0.140. The third-order valence-electron chi connectivity index (χ3n) is 5.72. The van der Waals surface area contributed by atoms with E-state index in [4.69, 9.17) is 9.47 Å². The third kappa shape index (κ3) is 4.82. The van der Waals surface area contributed by atoms with Gasteiger partial charge in [-0.05, 0) is 47.9 Å². The summed E-state index contributed by atoms with van der Waals surface area (Å²) >= 11 is 0. The first kappa shape index (κ1) is 23.8. The molecule has 8 heteroatoms. The van der Waals surface area contributed by atoms with E-state index in [1.165, 1.54) is 18.1 Å². The monoisotopic (exact) mass is 474 g/mol. The molecule has 0 bridgehead atoms. The van der Waals surface area contributed by atoms with Crippen molar-refractivity contribution in [3.05, 3.63) is 89.3 Å². The number of benzene rings is 2. The Morgan fingerprint density at radius 3 is 2.66 bits per heavy atom. The van der Waals surface area contributed by atoms with Gasteiger partial charge in [0.1, 0.15) is 11.5 Å². The molecule has 35 heavy (non-hydrogen) atoms. The number of likely N-dealkylation sites (tertiary alicyclic amines) is 1. The molecule has 1 aliphatic heterocycles. The number of Topliss-reactive ketones (excluding diaryl/α,β-unsaturated/α-hetero) is 1. The fraction of sp³-hybridized carbons (Fsp3) is 0.222. The van der Waals surface area contributed by atoms with E-state index in [1.54, 1.807) is 60.9 Å². The molecule has 0 radical (unpaired) electrons. The fourth-order valence-corrected chi connectivity index (χ4v) is 4.05. The number of phenolic OH excluding ortho intramolecular Hbond substituents is 1. The molecule has 1 saturated heterocycles. The number of carbonyl (C=O) groups is 2. The van der Waals surface area contributed by atoms with Crippen LogP contribution in [0.15, 0.2) is 72.6 Å². The molecule has 4 rings (SSSR count). The zero-order valence-corrected chi connectivity index (χ0v) is 19.5. The van der Waals surface area contributed by atoms with Crippen LogP contribution in [0, 0.1) is 0 Å². The minimum atomic E-state index is -0.912. The number of aliphatic hydroxyl groups is 1. The number of phenols is 1. The van der Waals surface area contributed by atoms with Gasteiger partial charge in [0.15, 0.2) is 11.5 Å². The van der Waals surface area contributed by atoms with Crippen molar-refractivity contribution >= 4 is 17.4 Å². The molecule has 1 aliphatic rings. The van der Waals surface area contributed by atoms with Crippen molar-refractivity contribution < 1.29 is 29.3 Å². The molecule has 2 aromatic carbocycles. The topological polar surface area (TPSA) is 109 Å². The first-order valence-electron chi connectivity index (χ1n) is 11.2.